The lowest BCUT2D eigenvalue weighted by molar-refractivity contribution is 0.1000. The third-order valence-corrected chi connectivity index (χ3v) is 4.17. The first-order valence-electron chi connectivity index (χ1n) is 5.79. The third kappa shape index (κ3) is 3.21. The minimum Gasteiger partial charge on any atom is -0.398 e. The molecule has 0 aliphatic carbocycles. The van der Waals surface area contributed by atoms with E-state index in [4.69, 9.17) is 11.5 Å². The number of rotatable bonds is 4. The Kier molecular flexibility index (Phi) is 4.14. The SMILES string of the molecule is NC(=O)c1cccc(CS(=O)c2cc(F)ccc2N)c1. The Hall–Kier alpha value is -2.21. The predicted octanol–water partition coefficient (Wildman–Crippen LogP) is 1.81. The van der Waals surface area contributed by atoms with Gasteiger partial charge in [0.05, 0.1) is 21.4 Å². The largest absolute Gasteiger partial charge is 0.398 e. The molecule has 1 atom stereocenters. The molecule has 4 nitrogen and oxygen atoms in total. The van der Waals surface area contributed by atoms with Gasteiger partial charge in [0.25, 0.3) is 0 Å². The molecule has 2 aromatic rings. The number of halogens is 1. The molecule has 20 heavy (non-hydrogen) atoms. The van der Waals surface area contributed by atoms with Gasteiger partial charge in [-0.3, -0.25) is 9.00 Å². The highest BCUT2D eigenvalue weighted by molar-refractivity contribution is 7.84. The fourth-order valence-corrected chi connectivity index (χ4v) is 2.96. The summed E-state index contributed by atoms with van der Waals surface area (Å²) in [6.07, 6.45) is 0. The van der Waals surface area contributed by atoms with Crippen LogP contribution in [0.25, 0.3) is 0 Å². The summed E-state index contributed by atoms with van der Waals surface area (Å²) < 4.78 is 25.4. The van der Waals surface area contributed by atoms with Gasteiger partial charge in [-0.2, -0.15) is 0 Å². The van der Waals surface area contributed by atoms with E-state index < -0.39 is 22.5 Å². The minimum absolute atomic E-state index is 0.134. The Morgan fingerprint density at radius 2 is 1.95 bits per heavy atom. The summed E-state index contributed by atoms with van der Waals surface area (Å²) >= 11 is 0. The van der Waals surface area contributed by atoms with Crippen LogP contribution in [0.3, 0.4) is 0 Å². The number of hydrogen-bond acceptors (Lipinski definition) is 3. The third-order valence-electron chi connectivity index (χ3n) is 2.73. The molecule has 0 saturated heterocycles. The van der Waals surface area contributed by atoms with Crippen LogP contribution in [0.5, 0.6) is 0 Å². The maximum atomic E-state index is 13.2. The van der Waals surface area contributed by atoms with Crippen LogP contribution >= 0.6 is 0 Å². The first-order valence-corrected chi connectivity index (χ1v) is 7.11. The van der Waals surface area contributed by atoms with Crippen molar-refractivity contribution in [3.63, 3.8) is 0 Å². The van der Waals surface area contributed by atoms with E-state index in [0.29, 0.717) is 11.1 Å². The fraction of sp³-hybridized carbons (Fsp3) is 0.0714. The van der Waals surface area contributed by atoms with Gasteiger partial charge in [0.15, 0.2) is 0 Å². The summed E-state index contributed by atoms with van der Waals surface area (Å²) in [5.74, 6) is -0.911. The molecule has 104 valence electrons. The average molecular weight is 292 g/mol. The normalized spacial score (nSPS) is 12.1. The van der Waals surface area contributed by atoms with Gasteiger partial charge in [0.2, 0.25) is 5.91 Å². The molecule has 0 fully saturated rings. The second-order valence-electron chi connectivity index (χ2n) is 4.24. The van der Waals surface area contributed by atoms with E-state index in [2.05, 4.69) is 0 Å². The predicted molar refractivity (Wildman–Crippen MR) is 75.9 cm³/mol. The lowest BCUT2D eigenvalue weighted by atomic mass is 10.1. The lowest BCUT2D eigenvalue weighted by Gasteiger charge is -2.07. The minimum atomic E-state index is -1.49. The van der Waals surface area contributed by atoms with Crippen LogP contribution in [0.1, 0.15) is 15.9 Å². The van der Waals surface area contributed by atoms with E-state index in [1.165, 1.54) is 12.1 Å². The lowest BCUT2D eigenvalue weighted by Crippen LogP contribution is -2.11. The van der Waals surface area contributed by atoms with Crippen molar-refractivity contribution < 1.29 is 13.4 Å². The summed E-state index contributed by atoms with van der Waals surface area (Å²) in [4.78, 5) is 11.3. The zero-order valence-corrected chi connectivity index (χ0v) is 11.3. The second kappa shape index (κ2) is 5.83. The first-order chi connectivity index (χ1) is 9.47. The van der Waals surface area contributed by atoms with E-state index in [9.17, 15) is 13.4 Å². The highest BCUT2D eigenvalue weighted by atomic mass is 32.2. The van der Waals surface area contributed by atoms with E-state index in [-0.39, 0.29) is 16.3 Å². The van der Waals surface area contributed by atoms with Crippen molar-refractivity contribution in [3.8, 4) is 0 Å². The van der Waals surface area contributed by atoms with Crippen molar-refractivity contribution in [2.75, 3.05) is 5.73 Å². The number of nitrogens with two attached hydrogens (primary N) is 2. The Balaban J connectivity index is 2.25. The van der Waals surface area contributed by atoms with E-state index in [1.807, 2.05) is 0 Å². The number of amides is 1. The van der Waals surface area contributed by atoms with Gasteiger partial charge in [0, 0.05) is 11.3 Å². The molecule has 0 aliphatic heterocycles. The zero-order chi connectivity index (χ0) is 14.7. The number of anilines is 1. The molecule has 4 N–H and O–H groups in total. The van der Waals surface area contributed by atoms with Crippen LogP contribution in [-0.4, -0.2) is 10.1 Å². The molecular weight excluding hydrogens is 279 g/mol. The van der Waals surface area contributed by atoms with Gasteiger partial charge >= 0.3 is 0 Å². The Bertz CT molecular complexity index is 689. The molecule has 0 heterocycles. The van der Waals surface area contributed by atoms with Crippen LogP contribution in [0.2, 0.25) is 0 Å². The van der Waals surface area contributed by atoms with Gasteiger partial charge < -0.3 is 11.5 Å². The van der Waals surface area contributed by atoms with Crippen LogP contribution in [0, 0.1) is 5.82 Å². The second-order valence-corrected chi connectivity index (χ2v) is 5.66. The van der Waals surface area contributed by atoms with Crippen molar-refractivity contribution in [2.24, 2.45) is 5.73 Å². The maximum Gasteiger partial charge on any atom is 0.248 e. The molecule has 0 aromatic heterocycles. The Morgan fingerprint density at radius 3 is 2.65 bits per heavy atom. The van der Waals surface area contributed by atoms with Crippen molar-refractivity contribution in [1.29, 1.82) is 0 Å². The average Bonchev–Trinajstić information content (AvgIpc) is 2.41. The van der Waals surface area contributed by atoms with E-state index in [0.717, 1.165) is 6.07 Å². The van der Waals surface area contributed by atoms with E-state index in [1.54, 1.807) is 24.3 Å². The molecule has 1 unspecified atom stereocenters. The molecule has 0 saturated carbocycles. The first kappa shape index (κ1) is 14.2. The van der Waals surface area contributed by atoms with Crippen molar-refractivity contribution in [3.05, 3.63) is 59.4 Å². The fourth-order valence-electron chi connectivity index (χ4n) is 1.75. The smallest absolute Gasteiger partial charge is 0.248 e. The van der Waals surface area contributed by atoms with E-state index >= 15 is 0 Å². The number of primary amides is 1. The molecule has 6 heteroatoms. The summed E-state index contributed by atoms with van der Waals surface area (Å²) in [6, 6.07) is 10.3. The van der Waals surface area contributed by atoms with Crippen LogP contribution in [0.4, 0.5) is 10.1 Å². The molecular formula is C14H13FN2O2S. The van der Waals surface area contributed by atoms with Gasteiger partial charge in [-0.1, -0.05) is 12.1 Å². The van der Waals surface area contributed by atoms with Crippen LogP contribution < -0.4 is 11.5 Å². The Labute approximate surface area is 118 Å². The number of carbonyl (C=O) groups excluding carboxylic acids is 1. The topological polar surface area (TPSA) is 86.2 Å². The van der Waals surface area contributed by atoms with Crippen LogP contribution in [0.15, 0.2) is 47.4 Å². The molecule has 2 rings (SSSR count). The van der Waals surface area contributed by atoms with Crippen molar-refractivity contribution in [2.45, 2.75) is 10.6 Å². The molecule has 0 spiro atoms. The standard InChI is InChI=1S/C14H13FN2O2S/c15-11-4-5-12(16)13(7-11)20(19)8-9-2-1-3-10(6-9)14(17)18/h1-7H,8,16H2,(H2,17,18). The monoisotopic (exact) mass is 292 g/mol. The summed E-state index contributed by atoms with van der Waals surface area (Å²) in [6.45, 7) is 0. The van der Waals surface area contributed by atoms with Crippen molar-refractivity contribution >= 4 is 22.4 Å². The highest BCUT2D eigenvalue weighted by Crippen LogP contribution is 2.20. The number of benzene rings is 2. The Morgan fingerprint density at radius 1 is 1.20 bits per heavy atom. The highest BCUT2D eigenvalue weighted by Gasteiger charge is 2.11. The van der Waals surface area contributed by atoms with Gasteiger partial charge in [-0.25, -0.2) is 4.39 Å². The number of nitrogen functional groups attached to an aromatic ring is 1. The van der Waals surface area contributed by atoms with Crippen molar-refractivity contribution in [1.82, 2.24) is 0 Å². The summed E-state index contributed by atoms with van der Waals surface area (Å²) in [7, 11) is -1.49. The summed E-state index contributed by atoms with van der Waals surface area (Å²) in [5, 5.41) is 0. The van der Waals surface area contributed by atoms with Gasteiger partial charge in [-0.05, 0) is 35.9 Å². The molecule has 2 aromatic carbocycles. The molecule has 0 bridgehead atoms. The molecule has 1 amide bonds. The van der Waals surface area contributed by atoms with Crippen LogP contribution in [-0.2, 0) is 16.6 Å². The molecule has 0 radical (unpaired) electrons. The van der Waals surface area contributed by atoms with Gasteiger partial charge in [-0.15, -0.1) is 0 Å². The number of hydrogen-bond donors (Lipinski definition) is 2. The number of carbonyl (C=O) groups is 1. The zero-order valence-electron chi connectivity index (χ0n) is 10.5. The molecule has 0 aliphatic rings. The van der Waals surface area contributed by atoms with Gasteiger partial charge in [0.1, 0.15) is 5.82 Å². The maximum absolute atomic E-state index is 13.2. The quantitative estimate of drug-likeness (QED) is 0.843. The summed E-state index contributed by atoms with van der Waals surface area (Å²) in [5.41, 5.74) is 12.2.